The van der Waals surface area contributed by atoms with Gasteiger partial charge in [0.2, 0.25) is 11.7 Å². The molecular weight excluding hydrogens is 448 g/mol. The molecule has 9 heteroatoms. The molecule has 5 aromatic rings. The number of rotatable bonds is 8. The molecule has 8 nitrogen and oxygen atoms in total. The van der Waals surface area contributed by atoms with Gasteiger partial charge in [0.05, 0.1) is 17.9 Å². The molecule has 170 valence electrons. The van der Waals surface area contributed by atoms with Gasteiger partial charge in [-0.3, -0.25) is 9.55 Å². The van der Waals surface area contributed by atoms with Crippen molar-refractivity contribution in [1.82, 2.24) is 29.9 Å². The SMILES string of the molecule is CCOc1ccccc1-c1noc(CSc2nnc(-c3ccncc3)n2-c2ccc(C)cc2)n1. The largest absolute Gasteiger partial charge is 0.493 e. The van der Waals surface area contributed by atoms with E-state index in [4.69, 9.17) is 9.26 Å². The summed E-state index contributed by atoms with van der Waals surface area (Å²) in [6.07, 6.45) is 3.49. The van der Waals surface area contributed by atoms with Crippen LogP contribution in [0.2, 0.25) is 0 Å². The molecule has 0 N–H and O–H groups in total. The number of aryl methyl sites for hydroxylation is 1. The fraction of sp³-hybridized carbons (Fsp3) is 0.160. The van der Waals surface area contributed by atoms with E-state index in [0.717, 1.165) is 33.5 Å². The smallest absolute Gasteiger partial charge is 0.237 e. The van der Waals surface area contributed by atoms with Crippen molar-refractivity contribution in [3.05, 3.63) is 84.5 Å². The Bertz CT molecular complexity index is 1380. The molecule has 0 amide bonds. The zero-order valence-electron chi connectivity index (χ0n) is 18.8. The van der Waals surface area contributed by atoms with Crippen molar-refractivity contribution in [2.24, 2.45) is 0 Å². The quantitative estimate of drug-likeness (QED) is 0.279. The second-order valence-corrected chi connectivity index (χ2v) is 8.39. The van der Waals surface area contributed by atoms with Crippen LogP contribution in [0.25, 0.3) is 28.5 Å². The van der Waals surface area contributed by atoms with Gasteiger partial charge in [0.15, 0.2) is 11.0 Å². The summed E-state index contributed by atoms with van der Waals surface area (Å²) in [5, 5.41) is 13.8. The molecule has 0 aliphatic rings. The molecule has 5 rings (SSSR count). The van der Waals surface area contributed by atoms with Crippen LogP contribution in [0.4, 0.5) is 0 Å². The van der Waals surface area contributed by atoms with Crippen molar-refractivity contribution >= 4 is 11.8 Å². The van der Waals surface area contributed by atoms with Crippen LogP contribution in [-0.4, -0.2) is 36.5 Å². The van der Waals surface area contributed by atoms with Crippen molar-refractivity contribution in [3.8, 4) is 34.2 Å². The number of para-hydroxylation sites is 1. The zero-order valence-corrected chi connectivity index (χ0v) is 19.6. The number of hydrogen-bond donors (Lipinski definition) is 0. The highest BCUT2D eigenvalue weighted by Gasteiger charge is 2.18. The van der Waals surface area contributed by atoms with Gasteiger partial charge in [-0.1, -0.05) is 46.7 Å². The van der Waals surface area contributed by atoms with E-state index in [1.807, 2.05) is 47.9 Å². The Morgan fingerprint density at radius 2 is 1.76 bits per heavy atom. The minimum atomic E-state index is 0.449. The lowest BCUT2D eigenvalue weighted by Gasteiger charge is -2.10. The first-order chi connectivity index (χ1) is 16.7. The summed E-state index contributed by atoms with van der Waals surface area (Å²) in [6.45, 7) is 4.57. The van der Waals surface area contributed by atoms with E-state index in [-0.39, 0.29) is 0 Å². The fourth-order valence-corrected chi connectivity index (χ4v) is 4.25. The predicted octanol–water partition coefficient (Wildman–Crippen LogP) is 5.38. The minimum Gasteiger partial charge on any atom is -0.493 e. The van der Waals surface area contributed by atoms with Crippen LogP contribution in [0.3, 0.4) is 0 Å². The van der Waals surface area contributed by atoms with Crippen molar-refractivity contribution in [2.75, 3.05) is 6.61 Å². The highest BCUT2D eigenvalue weighted by Crippen LogP contribution is 2.31. The third-order valence-electron chi connectivity index (χ3n) is 5.08. The second kappa shape index (κ2) is 9.88. The number of thioether (sulfide) groups is 1. The average molecular weight is 471 g/mol. The lowest BCUT2D eigenvalue weighted by atomic mass is 10.2. The third-order valence-corrected chi connectivity index (χ3v) is 6.00. The van der Waals surface area contributed by atoms with Gasteiger partial charge in [0.25, 0.3) is 0 Å². The predicted molar refractivity (Wildman–Crippen MR) is 130 cm³/mol. The maximum atomic E-state index is 5.69. The molecule has 0 spiro atoms. The molecule has 0 radical (unpaired) electrons. The number of ether oxygens (including phenoxy) is 1. The summed E-state index contributed by atoms with van der Waals surface area (Å²) in [4.78, 5) is 8.69. The Morgan fingerprint density at radius 1 is 0.971 bits per heavy atom. The molecule has 0 aliphatic carbocycles. The molecule has 0 atom stereocenters. The Morgan fingerprint density at radius 3 is 2.56 bits per heavy atom. The van der Waals surface area contributed by atoms with Crippen LogP contribution < -0.4 is 4.74 Å². The third kappa shape index (κ3) is 4.55. The van der Waals surface area contributed by atoms with Crippen molar-refractivity contribution in [2.45, 2.75) is 24.8 Å². The number of pyridine rings is 1. The second-order valence-electron chi connectivity index (χ2n) is 7.44. The van der Waals surface area contributed by atoms with E-state index in [2.05, 4.69) is 56.5 Å². The lowest BCUT2D eigenvalue weighted by Crippen LogP contribution is -2.00. The van der Waals surface area contributed by atoms with Gasteiger partial charge in [-0.25, -0.2) is 0 Å². The molecule has 0 aliphatic heterocycles. The summed E-state index contributed by atoms with van der Waals surface area (Å²) >= 11 is 1.48. The first kappa shape index (κ1) is 21.8. The molecule has 3 heterocycles. The minimum absolute atomic E-state index is 0.449. The van der Waals surface area contributed by atoms with Crippen LogP contribution in [0, 0.1) is 6.92 Å². The van der Waals surface area contributed by atoms with E-state index in [1.54, 1.807) is 12.4 Å². The fourth-order valence-electron chi connectivity index (χ4n) is 3.46. The molecule has 0 saturated carbocycles. The Hall–Kier alpha value is -3.98. The monoisotopic (exact) mass is 470 g/mol. The van der Waals surface area contributed by atoms with Crippen LogP contribution in [0.15, 0.2) is 82.7 Å². The summed E-state index contributed by atoms with van der Waals surface area (Å²) in [5.41, 5.74) is 3.89. The maximum Gasteiger partial charge on any atom is 0.237 e. The molecule has 3 aromatic heterocycles. The van der Waals surface area contributed by atoms with Gasteiger partial charge in [0, 0.05) is 23.6 Å². The summed E-state index contributed by atoms with van der Waals surface area (Å²) in [6, 6.07) is 19.8. The average Bonchev–Trinajstić information content (AvgIpc) is 3.52. The molecule has 0 fully saturated rings. The Balaban J connectivity index is 1.43. The van der Waals surface area contributed by atoms with E-state index < -0.39 is 0 Å². The van der Waals surface area contributed by atoms with Crippen LogP contribution in [0.5, 0.6) is 5.75 Å². The molecule has 34 heavy (non-hydrogen) atoms. The first-order valence-corrected chi connectivity index (χ1v) is 11.8. The van der Waals surface area contributed by atoms with E-state index in [1.165, 1.54) is 17.3 Å². The summed E-state index contributed by atoms with van der Waals surface area (Å²) in [5.74, 6) is 2.91. The van der Waals surface area contributed by atoms with Crippen LogP contribution in [0.1, 0.15) is 18.4 Å². The van der Waals surface area contributed by atoms with Gasteiger partial charge in [-0.15, -0.1) is 10.2 Å². The van der Waals surface area contributed by atoms with Gasteiger partial charge < -0.3 is 9.26 Å². The van der Waals surface area contributed by atoms with Crippen LogP contribution >= 0.6 is 11.8 Å². The standard InChI is InChI=1S/C25H22N6O2S/c1-3-32-21-7-5-4-6-20(21)23-27-22(33-30-23)16-34-25-29-28-24(18-12-14-26-15-13-18)31(25)19-10-8-17(2)9-11-19/h4-15H,3,16H2,1-2H3. The topological polar surface area (TPSA) is 91.8 Å². The highest BCUT2D eigenvalue weighted by atomic mass is 32.2. The lowest BCUT2D eigenvalue weighted by molar-refractivity contribution is 0.341. The number of hydrogen-bond acceptors (Lipinski definition) is 8. The van der Waals surface area contributed by atoms with E-state index in [9.17, 15) is 0 Å². The maximum absolute atomic E-state index is 5.69. The molecule has 0 bridgehead atoms. The Labute approximate surface area is 201 Å². The van der Waals surface area contributed by atoms with Crippen molar-refractivity contribution in [3.63, 3.8) is 0 Å². The van der Waals surface area contributed by atoms with E-state index in [0.29, 0.717) is 24.1 Å². The highest BCUT2D eigenvalue weighted by molar-refractivity contribution is 7.98. The Kier molecular flexibility index (Phi) is 6.35. The van der Waals surface area contributed by atoms with E-state index >= 15 is 0 Å². The zero-order chi connectivity index (χ0) is 23.3. The summed E-state index contributed by atoms with van der Waals surface area (Å²) in [7, 11) is 0. The van der Waals surface area contributed by atoms with Crippen LogP contribution in [-0.2, 0) is 5.75 Å². The van der Waals surface area contributed by atoms with Crippen molar-refractivity contribution < 1.29 is 9.26 Å². The molecule has 0 unspecified atom stereocenters. The van der Waals surface area contributed by atoms with Gasteiger partial charge >= 0.3 is 0 Å². The first-order valence-electron chi connectivity index (χ1n) is 10.8. The number of benzene rings is 2. The van der Waals surface area contributed by atoms with Gasteiger partial charge in [-0.05, 0) is 50.2 Å². The number of aromatic nitrogens is 6. The molecule has 2 aromatic carbocycles. The van der Waals surface area contributed by atoms with Gasteiger partial charge in [0.1, 0.15) is 5.75 Å². The van der Waals surface area contributed by atoms with Gasteiger partial charge in [-0.2, -0.15) is 4.98 Å². The number of nitrogens with zero attached hydrogens (tertiary/aromatic N) is 6. The van der Waals surface area contributed by atoms with Crippen molar-refractivity contribution in [1.29, 1.82) is 0 Å². The summed E-state index contributed by atoms with van der Waals surface area (Å²) < 4.78 is 13.2. The normalized spacial score (nSPS) is 11.0. The molecule has 0 saturated heterocycles. The molecular formula is C25H22N6O2S.